The average Bonchev–Trinajstić information content (AvgIpc) is 2.34. The first-order valence-electron chi connectivity index (χ1n) is 4.91. The second-order valence-corrected chi connectivity index (χ2v) is 3.05. The Morgan fingerprint density at radius 3 is 2.75 bits per heavy atom. The first-order valence-corrected chi connectivity index (χ1v) is 4.91. The van der Waals surface area contributed by atoms with Crippen LogP contribution in [0.25, 0.3) is 0 Å². The Kier molecular flexibility index (Phi) is 5.21. The lowest BCUT2D eigenvalue weighted by Gasteiger charge is -2.04. The summed E-state index contributed by atoms with van der Waals surface area (Å²) in [6.07, 6.45) is 3.76. The van der Waals surface area contributed by atoms with E-state index in [1.54, 1.807) is 7.11 Å². The highest BCUT2D eigenvalue weighted by molar-refractivity contribution is 5.86. The standard InChI is InChI=1S/C10H15N3O3/c1-15-5-3-4-11-9-7-12-8(6-13-9)10(14)16-2/h6-7H,3-5H2,1-2H3,(H,11,13). The van der Waals surface area contributed by atoms with Crippen LogP contribution in [0.5, 0.6) is 0 Å². The maximum absolute atomic E-state index is 11.1. The monoisotopic (exact) mass is 225 g/mol. The highest BCUT2D eigenvalue weighted by atomic mass is 16.5. The fourth-order valence-electron chi connectivity index (χ4n) is 1.06. The molecule has 0 atom stereocenters. The maximum Gasteiger partial charge on any atom is 0.358 e. The summed E-state index contributed by atoms with van der Waals surface area (Å²) < 4.78 is 9.42. The number of nitrogens with zero attached hydrogens (tertiary/aromatic N) is 2. The van der Waals surface area contributed by atoms with Crippen LogP contribution in [-0.2, 0) is 9.47 Å². The number of carbonyl (C=O) groups excluding carboxylic acids is 1. The summed E-state index contributed by atoms with van der Waals surface area (Å²) in [6, 6.07) is 0. The molecular formula is C10H15N3O3. The van der Waals surface area contributed by atoms with Crippen molar-refractivity contribution in [3.05, 3.63) is 18.1 Å². The summed E-state index contributed by atoms with van der Waals surface area (Å²) in [6.45, 7) is 1.45. The molecule has 6 nitrogen and oxygen atoms in total. The van der Waals surface area contributed by atoms with Gasteiger partial charge in [-0.15, -0.1) is 0 Å². The van der Waals surface area contributed by atoms with Gasteiger partial charge in [0.1, 0.15) is 5.82 Å². The van der Waals surface area contributed by atoms with Gasteiger partial charge in [-0.2, -0.15) is 0 Å². The van der Waals surface area contributed by atoms with Crippen LogP contribution in [0.4, 0.5) is 5.82 Å². The Morgan fingerprint density at radius 1 is 1.38 bits per heavy atom. The van der Waals surface area contributed by atoms with Crippen LogP contribution in [0.1, 0.15) is 16.9 Å². The second-order valence-electron chi connectivity index (χ2n) is 3.05. The highest BCUT2D eigenvalue weighted by Gasteiger charge is 2.06. The van der Waals surface area contributed by atoms with Gasteiger partial charge in [0.15, 0.2) is 5.69 Å². The first-order chi connectivity index (χ1) is 7.77. The lowest BCUT2D eigenvalue weighted by atomic mass is 10.4. The van der Waals surface area contributed by atoms with Gasteiger partial charge < -0.3 is 14.8 Å². The number of esters is 1. The maximum atomic E-state index is 11.1. The Hall–Kier alpha value is -1.69. The van der Waals surface area contributed by atoms with Gasteiger partial charge in [-0.05, 0) is 6.42 Å². The molecule has 0 spiro atoms. The molecule has 0 fully saturated rings. The molecule has 1 aromatic heterocycles. The zero-order valence-corrected chi connectivity index (χ0v) is 9.40. The molecule has 1 aromatic rings. The van der Waals surface area contributed by atoms with E-state index in [9.17, 15) is 4.79 Å². The van der Waals surface area contributed by atoms with Crippen molar-refractivity contribution in [2.24, 2.45) is 0 Å². The Bertz CT molecular complexity index is 327. The lowest BCUT2D eigenvalue weighted by Crippen LogP contribution is -2.09. The second kappa shape index (κ2) is 6.73. The van der Waals surface area contributed by atoms with Gasteiger partial charge in [0.25, 0.3) is 0 Å². The van der Waals surface area contributed by atoms with Crippen LogP contribution in [0, 0.1) is 0 Å². The largest absolute Gasteiger partial charge is 0.464 e. The van der Waals surface area contributed by atoms with Gasteiger partial charge in [-0.3, -0.25) is 0 Å². The van der Waals surface area contributed by atoms with Crippen LogP contribution in [0.15, 0.2) is 12.4 Å². The van der Waals surface area contributed by atoms with Crippen LogP contribution < -0.4 is 5.32 Å². The van der Waals surface area contributed by atoms with E-state index in [-0.39, 0.29) is 5.69 Å². The molecule has 0 saturated carbocycles. The van der Waals surface area contributed by atoms with E-state index in [0.29, 0.717) is 12.4 Å². The third kappa shape index (κ3) is 3.82. The molecule has 0 amide bonds. The van der Waals surface area contributed by atoms with Gasteiger partial charge in [0.2, 0.25) is 0 Å². The smallest absolute Gasteiger partial charge is 0.358 e. The summed E-state index contributed by atoms with van der Waals surface area (Å²) >= 11 is 0. The van der Waals surface area contributed by atoms with Gasteiger partial charge in [0, 0.05) is 20.3 Å². The minimum absolute atomic E-state index is 0.199. The summed E-state index contributed by atoms with van der Waals surface area (Å²) in [7, 11) is 2.96. The molecule has 0 aliphatic rings. The number of methoxy groups -OCH3 is 2. The average molecular weight is 225 g/mol. The van der Waals surface area contributed by atoms with E-state index in [1.165, 1.54) is 19.5 Å². The summed E-state index contributed by atoms with van der Waals surface area (Å²) in [5.41, 5.74) is 0.199. The Balaban J connectivity index is 2.42. The summed E-state index contributed by atoms with van der Waals surface area (Å²) in [4.78, 5) is 19.0. The number of anilines is 1. The molecule has 88 valence electrons. The Morgan fingerprint density at radius 2 is 2.19 bits per heavy atom. The third-order valence-electron chi connectivity index (χ3n) is 1.88. The third-order valence-corrected chi connectivity index (χ3v) is 1.88. The van der Waals surface area contributed by atoms with Crippen LogP contribution in [-0.4, -0.2) is 43.3 Å². The zero-order valence-electron chi connectivity index (χ0n) is 9.40. The number of carbonyl (C=O) groups is 1. The fourth-order valence-corrected chi connectivity index (χ4v) is 1.06. The minimum Gasteiger partial charge on any atom is -0.464 e. The van der Waals surface area contributed by atoms with E-state index in [0.717, 1.165) is 13.0 Å². The molecule has 16 heavy (non-hydrogen) atoms. The number of rotatable bonds is 6. The molecule has 1 N–H and O–H groups in total. The summed E-state index contributed by atoms with van der Waals surface area (Å²) in [5.74, 6) is 0.141. The van der Waals surface area contributed by atoms with E-state index in [1.807, 2.05) is 0 Å². The van der Waals surface area contributed by atoms with Gasteiger partial charge in [0.05, 0.1) is 19.5 Å². The van der Waals surface area contributed by atoms with Crippen LogP contribution >= 0.6 is 0 Å². The summed E-state index contributed by atoms with van der Waals surface area (Å²) in [5, 5.41) is 3.06. The van der Waals surface area contributed by atoms with Crippen LogP contribution in [0.2, 0.25) is 0 Å². The van der Waals surface area contributed by atoms with Crippen molar-refractivity contribution in [3.8, 4) is 0 Å². The molecule has 0 radical (unpaired) electrons. The highest BCUT2D eigenvalue weighted by Crippen LogP contribution is 2.02. The molecule has 0 bridgehead atoms. The molecule has 6 heteroatoms. The predicted octanol–water partition coefficient (Wildman–Crippen LogP) is 0.712. The molecular weight excluding hydrogens is 210 g/mol. The van der Waals surface area contributed by atoms with Crippen molar-refractivity contribution in [1.29, 1.82) is 0 Å². The van der Waals surface area contributed by atoms with E-state index < -0.39 is 5.97 Å². The Labute approximate surface area is 94.0 Å². The minimum atomic E-state index is -0.488. The zero-order chi connectivity index (χ0) is 11.8. The molecule has 1 rings (SSSR count). The number of hydrogen-bond acceptors (Lipinski definition) is 6. The van der Waals surface area contributed by atoms with Crippen LogP contribution in [0.3, 0.4) is 0 Å². The SMILES string of the molecule is COCCCNc1cnc(C(=O)OC)cn1. The van der Waals surface area contributed by atoms with E-state index >= 15 is 0 Å². The number of nitrogens with one attached hydrogen (secondary N) is 1. The quantitative estimate of drug-likeness (QED) is 0.568. The van der Waals surface area contributed by atoms with Gasteiger partial charge in [-0.1, -0.05) is 0 Å². The van der Waals surface area contributed by atoms with Crippen molar-refractivity contribution in [1.82, 2.24) is 9.97 Å². The molecule has 1 heterocycles. The van der Waals surface area contributed by atoms with Gasteiger partial charge >= 0.3 is 5.97 Å². The molecule has 0 saturated heterocycles. The van der Waals surface area contributed by atoms with Crippen molar-refractivity contribution in [2.75, 3.05) is 32.7 Å². The normalized spacial score (nSPS) is 9.88. The van der Waals surface area contributed by atoms with Crippen molar-refractivity contribution < 1.29 is 14.3 Å². The lowest BCUT2D eigenvalue weighted by molar-refractivity contribution is 0.0593. The molecule has 0 aromatic carbocycles. The van der Waals surface area contributed by atoms with Crippen molar-refractivity contribution in [3.63, 3.8) is 0 Å². The van der Waals surface area contributed by atoms with E-state index in [2.05, 4.69) is 20.0 Å². The van der Waals surface area contributed by atoms with E-state index in [4.69, 9.17) is 4.74 Å². The van der Waals surface area contributed by atoms with Gasteiger partial charge in [-0.25, -0.2) is 14.8 Å². The number of ether oxygens (including phenoxy) is 2. The molecule has 0 aliphatic heterocycles. The first kappa shape index (κ1) is 12.4. The number of aromatic nitrogens is 2. The number of hydrogen-bond donors (Lipinski definition) is 1. The fraction of sp³-hybridized carbons (Fsp3) is 0.500. The topological polar surface area (TPSA) is 73.3 Å². The predicted molar refractivity (Wildman–Crippen MR) is 58.4 cm³/mol. The van der Waals surface area contributed by atoms with Crippen molar-refractivity contribution >= 4 is 11.8 Å². The molecule has 0 unspecified atom stereocenters. The molecule has 0 aliphatic carbocycles. The van der Waals surface area contributed by atoms with Crippen molar-refractivity contribution in [2.45, 2.75) is 6.42 Å².